The Hall–Kier alpha value is -2.73. The van der Waals surface area contributed by atoms with Gasteiger partial charge in [-0.25, -0.2) is 0 Å². The summed E-state index contributed by atoms with van der Waals surface area (Å²) in [5.41, 5.74) is 0.511. The quantitative estimate of drug-likeness (QED) is 0.806. The van der Waals surface area contributed by atoms with Crippen LogP contribution in [0.25, 0.3) is 0 Å². The molecule has 0 aromatic heterocycles. The van der Waals surface area contributed by atoms with E-state index in [1.54, 1.807) is 48.4 Å². The highest BCUT2D eigenvalue weighted by molar-refractivity contribution is 6.33. The molecule has 0 spiro atoms. The van der Waals surface area contributed by atoms with Crippen LogP contribution in [0.1, 0.15) is 23.2 Å². The molecule has 28 heavy (non-hydrogen) atoms. The highest BCUT2D eigenvalue weighted by atomic mass is 35.5. The highest BCUT2D eigenvalue weighted by Crippen LogP contribution is 2.25. The van der Waals surface area contributed by atoms with E-state index in [9.17, 15) is 9.59 Å². The van der Waals surface area contributed by atoms with Crippen LogP contribution in [0, 0.1) is 0 Å². The summed E-state index contributed by atoms with van der Waals surface area (Å²) < 4.78 is 10.7. The number of halogens is 1. The van der Waals surface area contributed by atoms with E-state index >= 15 is 0 Å². The lowest BCUT2D eigenvalue weighted by atomic mass is 10.0. The molecule has 2 aromatic rings. The third-order valence-electron chi connectivity index (χ3n) is 4.68. The topological polar surface area (TPSA) is 67.9 Å². The van der Waals surface area contributed by atoms with Crippen molar-refractivity contribution >= 4 is 23.4 Å². The van der Waals surface area contributed by atoms with Gasteiger partial charge in [0, 0.05) is 19.1 Å². The van der Waals surface area contributed by atoms with Gasteiger partial charge < -0.3 is 19.7 Å². The van der Waals surface area contributed by atoms with Crippen molar-refractivity contribution in [1.82, 2.24) is 10.2 Å². The van der Waals surface area contributed by atoms with Gasteiger partial charge in [-0.05, 0) is 37.1 Å². The summed E-state index contributed by atoms with van der Waals surface area (Å²) in [6.07, 6.45) is 1.38. The molecule has 0 bridgehead atoms. The first-order valence-corrected chi connectivity index (χ1v) is 9.55. The number of carbonyl (C=O) groups is 2. The summed E-state index contributed by atoms with van der Waals surface area (Å²) in [7, 11) is 1.56. The van der Waals surface area contributed by atoms with Gasteiger partial charge in [0.15, 0.2) is 18.1 Å². The number of ether oxygens (including phenoxy) is 2. The Balaban J connectivity index is 1.46. The second-order valence-electron chi connectivity index (χ2n) is 6.55. The maximum atomic E-state index is 12.6. The van der Waals surface area contributed by atoms with Crippen molar-refractivity contribution in [3.05, 3.63) is 59.1 Å². The molecule has 148 valence electrons. The molecule has 1 aliphatic heterocycles. The first-order chi connectivity index (χ1) is 13.6. The maximum Gasteiger partial charge on any atom is 0.258 e. The molecule has 1 N–H and O–H groups in total. The zero-order chi connectivity index (χ0) is 19.9. The van der Waals surface area contributed by atoms with Crippen LogP contribution in [0.5, 0.6) is 11.5 Å². The molecule has 0 unspecified atom stereocenters. The standard InChI is InChI=1S/C21H23ClN2O4/c1-27-18-8-4-5-9-19(18)28-14-20(25)23-15-10-12-24(13-11-15)21(26)16-6-2-3-7-17(16)22/h2-9,15H,10-14H2,1H3,(H,23,25). The molecule has 2 amide bonds. The number of hydrogen-bond donors (Lipinski definition) is 1. The molecular formula is C21H23ClN2O4. The van der Waals surface area contributed by atoms with Crippen LogP contribution in [0.4, 0.5) is 0 Å². The minimum Gasteiger partial charge on any atom is -0.493 e. The van der Waals surface area contributed by atoms with Gasteiger partial charge in [0.2, 0.25) is 0 Å². The van der Waals surface area contributed by atoms with Gasteiger partial charge in [-0.1, -0.05) is 35.9 Å². The summed E-state index contributed by atoms with van der Waals surface area (Å²) in [4.78, 5) is 26.6. The summed E-state index contributed by atoms with van der Waals surface area (Å²) >= 11 is 6.12. The first kappa shape index (κ1) is 20.0. The SMILES string of the molecule is COc1ccccc1OCC(=O)NC1CCN(C(=O)c2ccccc2Cl)CC1. The number of hydrogen-bond acceptors (Lipinski definition) is 4. The number of likely N-dealkylation sites (tertiary alicyclic amines) is 1. The Bertz CT molecular complexity index is 835. The molecule has 6 nitrogen and oxygen atoms in total. The Labute approximate surface area is 169 Å². The number of carbonyl (C=O) groups excluding carboxylic acids is 2. The smallest absolute Gasteiger partial charge is 0.258 e. The van der Waals surface area contributed by atoms with Crippen LogP contribution in [-0.2, 0) is 4.79 Å². The number of nitrogens with one attached hydrogen (secondary N) is 1. The van der Waals surface area contributed by atoms with E-state index in [0.717, 1.165) is 0 Å². The first-order valence-electron chi connectivity index (χ1n) is 9.17. The largest absolute Gasteiger partial charge is 0.493 e. The molecule has 7 heteroatoms. The minimum absolute atomic E-state index is 0.0177. The summed E-state index contributed by atoms with van der Waals surface area (Å²) in [5.74, 6) is 0.846. The lowest BCUT2D eigenvalue weighted by Crippen LogP contribution is -2.47. The molecule has 3 rings (SSSR count). The van der Waals surface area contributed by atoms with E-state index in [2.05, 4.69) is 5.32 Å². The van der Waals surface area contributed by atoms with Crippen molar-refractivity contribution in [3.63, 3.8) is 0 Å². The van der Waals surface area contributed by atoms with E-state index < -0.39 is 0 Å². The summed E-state index contributed by atoms with van der Waals surface area (Å²) in [6.45, 7) is 1.06. The van der Waals surface area contributed by atoms with Crippen LogP contribution >= 0.6 is 11.6 Å². The maximum absolute atomic E-state index is 12.6. The van der Waals surface area contributed by atoms with Crippen molar-refractivity contribution < 1.29 is 19.1 Å². The molecular weight excluding hydrogens is 380 g/mol. The van der Waals surface area contributed by atoms with E-state index in [-0.39, 0.29) is 24.5 Å². The molecule has 0 atom stereocenters. The van der Waals surface area contributed by atoms with Gasteiger partial charge in [0.05, 0.1) is 17.7 Å². The van der Waals surface area contributed by atoms with Crippen LogP contribution in [0.3, 0.4) is 0 Å². The predicted octanol–water partition coefficient (Wildman–Crippen LogP) is 3.15. The Morgan fingerprint density at radius 1 is 1.07 bits per heavy atom. The van der Waals surface area contributed by atoms with Crippen LogP contribution in [-0.4, -0.2) is 49.6 Å². The molecule has 2 aromatic carbocycles. The van der Waals surface area contributed by atoms with Gasteiger partial charge in [-0.2, -0.15) is 0 Å². The normalized spacial score (nSPS) is 14.4. The van der Waals surface area contributed by atoms with Gasteiger partial charge in [0.1, 0.15) is 0 Å². The van der Waals surface area contributed by atoms with Crippen LogP contribution in [0.15, 0.2) is 48.5 Å². The number of nitrogens with zero attached hydrogens (tertiary/aromatic N) is 1. The Kier molecular flexibility index (Phi) is 6.76. The molecule has 0 aliphatic carbocycles. The zero-order valence-corrected chi connectivity index (χ0v) is 16.4. The number of methoxy groups -OCH3 is 1. The minimum atomic E-state index is -0.193. The number of benzene rings is 2. The fourth-order valence-electron chi connectivity index (χ4n) is 3.18. The van der Waals surface area contributed by atoms with Crippen LogP contribution < -0.4 is 14.8 Å². The molecule has 1 aliphatic rings. The van der Waals surface area contributed by atoms with Crippen molar-refractivity contribution in [3.8, 4) is 11.5 Å². The van der Waals surface area contributed by atoms with Crippen molar-refractivity contribution in [2.75, 3.05) is 26.8 Å². The van der Waals surface area contributed by atoms with Crippen molar-refractivity contribution in [1.29, 1.82) is 0 Å². The molecule has 1 heterocycles. The Morgan fingerprint density at radius 3 is 2.39 bits per heavy atom. The average molecular weight is 403 g/mol. The van der Waals surface area contributed by atoms with E-state index in [1.165, 1.54) is 0 Å². The fraction of sp³-hybridized carbons (Fsp3) is 0.333. The fourth-order valence-corrected chi connectivity index (χ4v) is 3.40. The van der Waals surface area contributed by atoms with Crippen molar-refractivity contribution in [2.24, 2.45) is 0 Å². The monoisotopic (exact) mass is 402 g/mol. The molecule has 1 saturated heterocycles. The highest BCUT2D eigenvalue weighted by Gasteiger charge is 2.25. The van der Waals surface area contributed by atoms with Crippen LogP contribution in [0.2, 0.25) is 5.02 Å². The van der Waals surface area contributed by atoms with Gasteiger partial charge in [-0.3, -0.25) is 9.59 Å². The van der Waals surface area contributed by atoms with E-state index in [4.69, 9.17) is 21.1 Å². The third-order valence-corrected chi connectivity index (χ3v) is 5.01. The zero-order valence-electron chi connectivity index (χ0n) is 15.7. The number of amides is 2. The number of para-hydroxylation sites is 2. The molecule has 1 fully saturated rings. The van der Waals surface area contributed by atoms with E-state index in [0.29, 0.717) is 48.0 Å². The second-order valence-corrected chi connectivity index (χ2v) is 6.96. The Morgan fingerprint density at radius 2 is 1.71 bits per heavy atom. The number of rotatable bonds is 6. The molecule has 0 radical (unpaired) electrons. The van der Waals surface area contributed by atoms with Gasteiger partial charge >= 0.3 is 0 Å². The molecule has 0 saturated carbocycles. The lowest BCUT2D eigenvalue weighted by Gasteiger charge is -2.32. The van der Waals surface area contributed by atoms with E-state index in [1.807, 2.05) is 12.1 Å². The summed E-state index contributed by atoms with van der Waals surface area (Å²) in [6, 6.07) is 14.2. The van der Waals surface area contributed by atoms with Gasteiger partial charge in [-0.15, -0.1) is 0 Å². The number of piperidine rings is 1. The summed E-state index contributed by atoms with van der Waals surface area (Å²) in [5, 5.41) is 3.42. The van der Waals surface area contributed by atoms with Gasteiger partial charge in [0.25, 0.3) is 11.8 Å². The third kappa shape index (κ3) is 4.95. The predicted molar refractivity (Wildman–Crippen MR) is 107 cm³/mol. The average Bonchev–Trinajstić information content (AvgIpc) is 2.73. The second kappa shape index (κ2) is 9.46. The van der Waals surface area contributed by atoms with Crippen molar-refractivity contribution in [2.45, 2.75) is 18.9 Å². The lowest BCUT2D eigenvalue weighted by molar-refractivity contribution is -0.124.